The van der Waals surface area contributed by atoms with Gasteiger partial charge in [0.15, 0.2) is 5.78 Å². The first-order valence-corrected chi connectivity index (χ1v) is 8.50. The van der Waals surface area contributed by atoms with Crippen LogP contribution in [0.15, 0.2) is 78.9 Å². The van der Waals surface area contributed by atoms with E-state index in [1.807, 2.05) is 6.07 Å². The number of rotatable bonds is 7. The van der Waals surface area contributed by atoms with Crippen LogP contribution in [0.5, 0.6) is 5.75 Å². The summed E-state index contributed by atoms with van der Waals surface area (Å²) >= 11 is 0. The van der Waals surface area contributed by atoms with Gasteiger partial charge >= 0.3 is 0 Å². The van der Waals surface area contributed by atoms with Crippen LogP contribution in [-0.2, 0) is 4.79 Å². The summed E-state index contributed by atoms with van der Waals surface area (Å²) in [6.45, 7) is 0.167. The summed E-state index contributed by atoms with van der Waals surface area (Å²) in [6, 6.07) is 21.4. The van der Waals surface area contributed by atoms with E-state index in [9.17, 15) is 14.0 Å². The number of benzene rings is 3. The molecule has 27 heavy (non-hydrogen) atoms. The fourth-order valence-corrected chi connectivity index (χ4v) is 2.51. The SMILES string of the molecule is O=C(CCOc1ccc(F)cc1)Nc1cccc(C(=O)c2ccccc2)c1. The number of carbonyl (C=O) groups is 2. The number of ketones is 1. The van der Waals surface area contributed by atoms with E-state index in [1.54, 1.807) is 48.5 Å². The number of carbonyl (C=O) groups excluding carboxylic acids is 2. The normalized spacial score (nSPS) is 10.3. The second-order valence-corrected chi connectivity index (χ2v) is 5.88. The molecule has 0 atom stereocenters. The Balaban J connectivity index is 1.55. The lowest BCUT2D eigenvalue weighted by Crippen LogP contribution is -2.15. The van der Waals surface area contributed by atoms with Gasteiger partial charge in [0.2, 0.25) is 5.91 Å². The van der Waals surface area contributed by atoms with Gasteiger partial charge in [0.05, 0.1) is 13.0 Å². The molecule has 0 spiro atoms. The molecule has 0 unspecified atom stereocenters. The summed E-state index contributed by atoms with van der Waals surface area (Å²) in [5.74, 6) is -0.183. The molecule has 1 amide bonds. The fraction of sp³-hybridized carbons (Fsp3) is 0.0909. The average molecular weight is 363 g/mol. The van der Waals surface area contributed by atoms with Crippen LogP contribution in [0.4, 0.5) is 10.1 Å². The number of hydrogen-bond donors (Lipinski definition) is 1. The Morgan fingerprint density at radius 2 is 1.56 bits per heavy atom. The van der Waals surface area contributed by atoms with Crippen LogP contribution in [-0.4, -0.2) is 18.3 Å². The molecule has 0 aromatic heterocycles. The first kappa shape index (κ1) is 18.3. The summed E-state index contributed by atoms with van der Waals surface area (Å²) < 4.78 is 18.2. The van der Waals surface area contributed by atoms with Crippen LogP contribution in [0.3, 0.4) is 0 Å². The molecule has 3 aromatic rings. The smallest absolute Gasteiger partial charge is 0.227 e. The molecule has 0 fully saturated rings. The highest BCUT2D eigenvalue weighted by atomic mass is 19.1. The molecule has 0 saturated heterocycles. The van der Waals surface area contributed by atoms with Gasteiger partial charge in [-0.3, -0.25) is 9.59 Å². The van der Waals surface area contributed by atoms with Gasteiger partial charge in [-0.05, 0) is 36.4 Å². The lowest BCUT2D eigenvalue weighted by atomic mass is 10.0. The van der Waals surface area contributed by atoms with Crippen LogP contribution in [0.1, 0.15) is 22.3 Å². The van der Waals surface area contributed by atoms with Crippen molar-refractivity contribution in [2.45, 2.75) is 6.42 Å². The molecular formula is C22H18FNO3. The Morgan fingerprint density at radius 3 is 2.30 bits per heavy atom. The minimum atomic E-state index is -0.343. The van der Waals surface area contributed by atoms with Crippen LogP contribution < -0.4 is 10.1 Å². The highest BCUT2D eigenvalue weighted by molar-refractivity contribution is 6.09. The first-order chi connectivity index (χ1) is 13.1. The molecule has 1 N–H and O–H groups in total. The van der Waals surface area contributed by atoms with Crippen molar-refractivity contribution in [2.24, 2.45) is 0 Å². The molecule has 0 heterocycles. The Labute approximate surface area is 156 Å². The maximum Gasteiger partial charge on any atom is 0.227 e. The van der Waals surface area contributed by atoms with Crippen molar-refractivity contribution in [2.75, 3.05) is 11.9 Å². The molecule has 4 nitrogen and oxygen atoms in total. The third kappa shape index (κ3) is 5.25. The molecule has 0 aliphatic heterocycles. The first-order valence-electron chi connectivity index (χ1n) is 8.50. The van der Waals surface area contributed by atoms with Gasteiger partial charge < -0.3 is 10.1 Å². The number of ether oxygens (including phenoxy) is 1. The standard InChI is InChI=1S/C22H18FNO3/c23-18-9-11-20(12-10-18)27-14-13-21(25)24-19-8-4-7-17(15-19)22(26)16-5-2-1-3-6-16/h1-12,15H,13-14H2,(H,24,25). The number of anilines is 1. The molecular weight excluding hydrogens is 345 g/mol. The maximum absolute atomic E-state index is 12.8. The second kappa shape index (κ2) is 8.76. The highest BCUT2D eigenvalue weighted by Crippen LogP contribution is 2.16. The van der Waals surface area contributed by atoms with Crippen molar-refractivity contribution in [3.8, 4) is 5.75 Å². The van der Waals surface area contributed by atoms with E-state index in [0.717, 1.165) is 0 Å². The van der Waals surface area contributed by atoms with Crippen molar-refractivity contribution in [3.05, 3.63) is 95.8 Å². The topological polar surface area (TPSA) is 55.4 Å². The Hall–Kier alpha value is -3.47. The summed E-state index contributed by atoms with van der Waals surface area (Å²) in [6.07, 6.45) is 0.133. The van der Waals surface area contributed by atoms with E-state index in [4.69, 9.17) is 4.74 Å². The number of nitrogens with one attached hydrogen (secondary N) is 1. The Kier molecular flexibility index (Phi) is 5.94. The van der Waals surface area contributed by atoms with Gasteiger partial charge in [-0.1, -0.05) is 42.5 Å². The number of hydrogen-bond acceptors (Lipinski definition) is 3. The van der Waals surface area contributed by atoms with E-state index in [-0.39, 0.29) is 30.5 Å². The molecule has 0 aliphatic carbocycles. The van der Waals surface area contributed by atoms with Gasteiger partial charge in [-0.2, -0.15) is 0 Å². The zero-order valence-corrected chi connectivity index (χ0v) is 14.5. The molecule has 3 aromatic carbocycles. The van der Waals surface area contributed by atoms with E-state index >= 15 is 0 Å². The van der Waals surface area contributed by atoms with Crippen molar-refractivity contribution in [1.82, 2.24) is 0 Å². The molecule has 0 saturated carbocycles. The zero-order chi connectivity index (χ0) is 19.1. The van der Waals surface area contributed by atoms with Crippen LogP contribution in [0.2, 0.25) is 0 Å². The van der Waals surface area contributed by atoms with Gasteiger partial charge in [0.25, 0.3) is 0 Å². The van der Waals surface area contributed by atoms with Gasteiger partial charge in [-0.25, -0.2) is 4.39 Å². The average Bonchev–Trinajstić information content (AvgIpc) is 2.70. The monoisotopic (exact) mass is 363 g/mol. The van der Waals surface area contributed by atoms with Gasteiger partial charge in [-0.15, -0.1) is 0 Å². The van der Waals surface area contributed by atoms with E-state index in [1.165, 1.54) is 24.3 Å². The van der Waals surface area contributed by atoms with Gasteiger partial charge in [0, 0.05) is 16.8 Å². The summed E-state index contributed by atoms with van der Waals surface area (Å²) in [5.41, 5.74) is 1.64. The largest absolute Gasteiger partial charge is 0.493 e. The molecule has 136 valence electrons. The van der Waals surface area contributed by atoms with Gasteiger partial charge in [0.1, 0.15) is 11.6 Å². The number of halogens is 1. The van der Waals surface area contributed by atoms with Crippen LogP contribution in [0.25, 0.3) is 0 Å². The van der Waals surface area contributed by atoms with Crippen LogP contribution in [0, 0.1) is 5.82 Å². The predicted molar refractivity (Wildman–Crippen MR) is 101 cm³/mol. The van der Waals surface area contributed by atoms with Crippen molar-refractivity contribution in [3.63, 3.8) is 0 Å². The minimum absolute atomic E-state index is 0.105. The summed E-state index contributed by atoms with van der Waals surface area (Å²) in [5, 5.41) is 2.75. The van der Waals surface area contributed by atoms with E-state index < -0.39 is 0 Å². The lowest BCUT2D eigenvalue weighted by Gasteiger charge is -2.08. The fourth-order valence-electron chi connectivity index (χ4n) is 2.51. The quantitative estimate of drug-likeness (QED) is 0.631. The highest BCUT2D eigenvalue weighted by Gasteiger charge is 2.10. The summed E-state index contributed by atoms with van der Waals surface area (Å²) in [4.78, 5) is 24.5. The minimum Gasteiger partial charge on any atom is -0.493 e. The third-order valence-electron chi connectivity index (χ3n) is 3.86. The van der Waals surface area contributed by atoms with Crippen LogP contribution >= 0.6 is 0 Å². The van der Waals surface area contributed by atoms with E-state index in [2.05, 4.69) is 5.32 Å². The third-order valence-corrected chi connectivity index (χ3v) is 3.86. The predicted octanol–water partition coefficient (Wildman–Crippen LogP) is 4.46. The summed E-state index contributed by atoms with van der Waals surface area (Å²) in [7, 11) is 0. The Morgan fingerprint density at radius 1 is 0.852 bits per heavy atom. The van der Waals surface area contributed by atoms with Crippen molar-refractivity contribution >= 4 is 17.4 Å². The molecule has 0 aliphatic rings. The van der Waals surface area contributed by atoms with Crippen molar-refractivity contribution < 1.29 is 18.7 Å². The molecule has 0 bridgehead atoms. The number of amides is 1. The molecule has 0 radical (unpaired) electrons. The molecule has 5 heteroatoms. The lowest BCUT2D eigenvalue weighted by molar-refractivity contribution is -0.116. The second-order valence-electron chi connectivity index (χ2n) is 5.88. The Bertz CT molecular complexity index is 924. The maximum atomic E-state index is 12.8. The molecule has 3 rings (SSSR count). The zero-order valence-electron chi connectivity index (χ0n) is 14.5. The van der Waals surface area contributed by atoms with Crippen molar-refractivity contribution in [1.29, 1.82) is 0 Å². The van der Waals surface area contributed by atoms with E-state index in [0.29, 0.717) is 22.6 Å².